The normalized spacial score (nSPS) is 12.5. The molecule has 37 heavy (non-hydrogen) atoms. The van der Waals surface area contributed by atoms with Crippen LogP contribution < -0.4 is 5.73 Å². The van der Waals surface area contributed by atoms with Gasteiger partial charge in [-0.25, -0.2) is 0 Å². The van der Waals surface area contributed by atoms with Crippen LogP contribution >= 0.6 is 31.2 Å². The maximum Gasteiger partial charge on any atom is 0.330 e. The summed E-state index contributed by atoms with van der Waals surface area (Å²) in [4.78, 5) is 1.04. The summed E-state index contributed by atoms with van der Waals surface area (Å²) in [5, 5.41) is 0.752. The standard InChI is InChI=1S/C29H37ClNO4PS/c1-3-33-36(32,34-4-2)19-18-27(31)14-8-12-24-16-17-26(21-29(24)30)25-13-9-15-28(20-25)37-35-22-23-10-6-5-7-11-23/h5-7,9-11,13,15-17,20-21,27H,3-4,8,12,14,18-19,22,31H2,1-2H3. The predicted molar refractivity (Wildman–Crippen MR) is 155 cm³/mol. The topological polar surface area (TPSA) is 70.8 Å². The molecule has 8 heteroatoms. The zero-order chi connectivity index (χ0) is 26.5. The molecule has 0 fully saturated rings. The minimum Gasteiger partial charge on any atom is -0.328 e. The Bertz CT molecular complexity index is 1140. The van der Waals surface area contributed by atoms with Gasteiger partial charge in [-0.05, 0) is 80.0 Å². The SMILES string of the molecule is CCOP(=O)(CCC(N)CCCc1ccc(-c2cccc(SOCc3ccccc3)c2)cc1Cl)OCC. The van der Waals surface area contributed by atoms with Gasteiger partial charge in [0.2, 0.25) is 0 Å². The molecule has 1 atom stereocenters. The van der Waals surface area contributed by atoms with Crippen molar-refractivity contribution in [1.29, 1.82) is 0 Å². The lowest BCUT2D eigenvalue weighted by Crippen LogP contribution is -2.22. The Morgan fingerprint density at radius 1 is 0.919 bits per heavy atom. The van der Waals surface area contributed by atoms with E-state index in [9.17, 15) is 4.57 Å². The van der Waals surface area contributed by atoms with Crippen LogP contribution in [0.5, 0.6) is 0 Å². The first kappa shape index (κ1) is 29.9. The zero-order valence-electron chi connectivity index (χ0n) is 21.6. The smallest absolute Gasteiger partial charge is 0.328 e. The van der Waals surface area contributed by atoms with Crippen LogP contribution in [0.1, 0.15) is 44.2 Å². The molecule has 0 aliphatic heterocycles. The van der Waals surface area contributed by atoms with Gasteiger partial charge in [-0.15, -0.1) is 0 Å². The van der Waals surface area contributed by atoms with Gasteiger partial charge in [0.1, 0.15) is 0 Å². The van der Waals surface area contributed by atoms with E-state index in [1.807, 2.05) is 50.2 Å². The summed E-state index contributed by atoms with van der Waals surface area (Å²) in [7, 11) is -3.04. The van der Waals surface area contributed by atoms with Gasteiger partial charge >= 0.3 is 7.60 Å². The van der Waals surface area contributed by atoms with Crippen LogP contribution in [0.3, 0.4) is 0 Å². The summed E-state index contributed by atoms with van der Waals surface area (Å²) in [6, 6.07) is 24.6. The monoisotopic (exact) mass is 561 g/mol. The summed E-state index contributed by atoms with van der Waals surface area (Å²) in [5.74, 6) is 0. The van der Waals surface area contributed by atoms with E-state index < -0.39 is 7.60 Å². The summed E-state index contributed by atoms with van der Waals surface area (Å²) in [5.41, 5.74) is 10.7. The quantitative estimate of drug-likeness (QED) is 0.139. The molecule has 3 aromatic rings. The van der Waals surface area contributed by atoms with Gasteiger partial charge in [0.25, 0.3) is 0 Å². The van der Waals surface area contributed by atoms with E-state index in [4.69, 9.17) is 30.6 Å². The van der Waals surface area contributed by atoms with Crippen molar-refractivity contribution in [3.63, 3.8) is 0 Å². The van der Waals surface area contributed by atoms with Crippen LogP contribution in [-0.4, -0.2) is 25.4 Å². The molecule has 5 nitrogen and oxygen atoms in total. The van der Waals surface area contributed by atoms with Gasteiger partial charge in [0.15, 0.2) is 0 Å². The molecular formula is C29H37ClNO4PS. The van der Waals surface area contributed by atoms with Crippen molar-refractivity contribution in [1.82, 2.24) is 0 Å². The maximum atomic E-state index is 12.6. The second-order valence-corrected chi connectivity index (χ2v) is 12.2. The van der Waals surface area contributed by atoms with Crippen molar-refractivity contribution < 1.29 is 17.8 Å². The summed E-state index contributed by atoms with van der Waals surface area (Å²) >= 11 is 8.02. The van der Waals surface area contributed by atoms with E-state index in [1.165, 1.54) is 12.0 Å². The first-order valence-electron chi connectivity index (χ1n) is 12.8. The Balaban J connectivity index is 1.49. The molecule has 3 aromatic carbocycles. The molecule has 1 unspecified atom stereocenters. The number of halogens is 1. The van der Waals surface area contributed by atoms with E-state index >= 15 is 0 Å². The fourth-order valence-corrected chi connectivity index (χ4v) is 6.66. The van der Waals surface area contributed by atoms with Crippen molar-refractivity contribution in [2.24, 2.45) is 5.73 Å². The van der Waals surface area contributed by atoms with E-state index in [0.29, 0.717) is 32.4 Å². The van der Waals surface area contributed by atoms with Crippen LogP contribution in [-0.2, 0) is 30.8 Å². The molecule has 0 heterocycles. The number of benzene rings is 3. The highest BCUT2D eigenvalue weighted by atomic mass is 35.5. The van der Waals surface area contributed by atoms with Gasteiger partial charge < -0.3 is 19.0 Å². The second-order valence-electron chi connectivity index (χ2n) is 8.78. The molecule has 0 radical (unpaired) electrons. The van der Waals surface area contributed by atoms with Crippen LogP contribution in [0.25, 0.3) is 11.1 Å². The van der Waals surface area contributed by atoms with Gasteiger partial charge in [-0.3, -0.25) is 4.57 Å². The fraction of sp³-hybridized carbons (Fsp3) is 0.379. The average molecular weight is 562 g/mol. The minimum absolute atomic E-state index is 0.0587. The lowest BCUT2D eigenvalue weighted by molar-refractivity contribution is 0.219. The highest BCUT2D eigenvalue weighted by molar-refractivity contribution is 7.94. The van der Waals surface area contributed by atoms with Crippen LogP contribution in [0.4, 0.5) is 0 Å². The van der Waals surface area contributed by atoms with Gasteiger partial charge in [-0.2, -0.15) is 0 Å². The summed E-state index contributed by atoms with van der Waals surface area (Å²) < 4.78 is 29.1. The van der Waals surface area contributed by atoms with Crippen molar-refractivity contribution in [2.75, 3.05) is 19.4 Å². The van der Waals surface area contributed by atoms with Crippen LogP contribution in [0, 0.1) is 0 Å². The number of hydrogen-bond donors (Lipinski definition) is 1. The summed E-state index contributed by atoms with van der Waals surface area (Å²) in [6.45, 7) is 4.92. The molecule has 2 N–H and O–H groups in total. The minimum atomic E-state index is -3.04. The van der Waals surface area contributed by atoms with Crippen molar-refractivity contribution in [3.05, 3.63) is 88.9 Å². The second kappa shape index (κ2) is 15.7. The number of nitrogens with two attached hydrogens (primary N) is 1. The highest BCUT2D eigenvalue weighted by Crippen LogP contribution is 2.48. The van der Waals surface area contributed by atoms with Gasteiger partial charge in [0.05, 0.1) is 26.0 Å². The van der Waals surface area contributed by atoms with Crippen LogP contribution in [0.2, 0.25) is 5.02 Å². The Kier molecular flexibility index (Phi) is 12.7. The van der Waals surface area contributed by atoms with Crippen LogP contribution in [0.15, 0.2) is 77.7 Å². The third-order valence-electron chi connectivity index (χ3n) is 5.89. The Hall–Kier alpha value is -1.63. The Morgan fingerprint density at radius 2 is 1.65 bits per heavy atom. The molecule has 0 aliphatic rings. The molecule has 0 aromatic heterocycles. The maximum absolute atomic E-state index is 12.6. The van der Waals surface area contributed by atoms with E-state index in [1.54, 1.807) is 0 Å². The van der Waals surface area contributed by atoms with Gasteiger partial charge in [-0.1, -0.05) is 66.2 Å². The van der Waals surface area contributed by atoms with E-state index in [-0.39, 0.29) is 6.04 Å². The first-order chi connectivity index (χ1) is 17.9. The molecule has 0 aliphatic carbocycles. The molecule has 3 rings (SSSR count). The van der Waals surface area contributed by atoms with Crippen molar-refractivity contribution in [3.8, 4) is 11.1 Å². The van der Waals surface area contributed by atoms with E-state index in [0.717, 1.165) is 51.4 Å². The molecule has 0 amide bonds. The summed E-state index contributed by atoms with van der Waals surface area (Å²) in [6.07, 6.45) is 3.51. The fourth-order valence-electron chi connectivity index (χ4n) is 3.98. The highest BCUT2D eigenvalue weighted by Gasteiger charge is 2.24. The number of aryl methyl sites for hydroxylation is 1. The lowest BCUT2D eigenvalue weighted by Gasteiger charge is -2.19. The molecule has 0 bridgehead atoms. The Morgan fingerprint density at radius 3 is 2.35 bits per heavy atom. The molecule has 0 spiro atoms. The number of hydrogen-bond acceptors (Lipinski definition) is 6. The largest absolute Gasteiger partial charge is 0.330 e. The average Bonchev–Trinajstić information content (AvgIpc) is 2.89. The zero-order valence-corrected chi connectivity index (χ0v) is 24.1. The molecule has 0 saturated heterocycles. The lowest BCUT2D eigenvalue weighted by atomic mass is 10.00. The molecular weight excluding hydrogens is 525 g/mol. The number of rotatable bonds is 16. The van der Waals surface area contributed by atoms with Gasteiger partial charge in [0, 0.05) is 28.0 Å². The first-order valence-corrected chi connectivity index (χ1v) is 15.6. The Labute approximate surface area is 230 Å². The third-order valence-corrected chi connectivity index (χ3v) is 9.03. The molecule has 0 saturated carbocycles. The van der Waals surface area contributed by atoms with E-state index in [2.05, 4.69) is 36.4 Å². The van der Waals surface area contributed by atoms with Crippen molar-refractivity contribution >= 4 is 31.2 Å². The third kappa shape index (κ3) is 10.2. The molecule has 200 valence electrons. The predicted octanol–water partition coefficient (Wildman–Crippen LogP) is 8.54. The van der Waals surface area contributed by atoms with Crippen molar-refractivity contribution in [2.45, 2.75) is 57.1 Å².